The fraction of sp³-hybridized carbons (Fsp3) is 0.240. The van der Waals surface area contributed by atoms with Gasteiger partial charge >= 0.3 is 0 Å². The molecule has 0 spiro atoms. The van der Waals surface area contributed by atoms with E-state index in [4.69, 9.17) is 10.5 Å². The van der Waals surface area contributed by atoms with Crippen molar-refractivity contribution < 1.29 is 14.6 Å². The largest absolute Gasteiger partial charge is 0.437 e. The molecule has 1 heterocycles. The Bertz CT molecular complexity index is 1140. The smallest absolute Gasteiger partial charge is 0.238 e. The number of nitrogens with one attached hydrogen (secondary N) is 1. The topological polar surface area (TPSA) is 114 Å². The highest BCUT2D eigenvalue weighted by Gasteiger charge is 2.24. The van der Waals surface area contributed by atoms with Gasteiger partial charge in [0.1, 0.15) is 5.75 Å². The molecule has 1 aliphatic carbocycles. The zero-order valence-electron chi connectivity index (χ0n) is 17.7. The van der Waals surface area contributed by atoms with Crippen LogP contribution in [0.1, 0.15) is 41.9 Å². The van der Waals surface area contributed by atoms with Crippen molar-refractivity contribution in [1.29, 1.82) is 0 Å². The van der Waals surface area contributed by atoms with Crippen LogP contribution in [0.15, 0.2) is 77.8 Å². The van der Waals surface area contributed by atoms with E-state index in [9.17, 15) is 9.90 Å². The lowest BCUT2D eigenvalue weighted by atomic mass is 9.85. The lowest BCUT2D eigenvalue weighted by Crippen LogP contribution is -2.24. The Kier molecular flexibility index (Phi) is 6.47. The number of ether oxygens (including phenoxy) is 1. The van der Waals surface area contributed by atoms with Crippen LogP contribution in [-0.4, -0.2) is 33.2 Å². The predicted molar refractivity (Wildman–Crippen MR) is 124 cm³/mol. The summed E-state index contributed by atoms with van der Waals surface area (Å²) in [7, 11) is 0. The van der Waals surface area contributed by atoms with Gasteiger partial charge in [-0.05, 0) is 62.1 Å². The molecule has 0 aliphatic heterocycles. The molecular formula is C25H26N4O3. The summed E-state index contributed by atoms with van der Waals surface area (Å²) in [6.45, 7) is 3.65. The number of hydrogen-bond acceptors (Lipinski definition) is 6. The van der Waals surface area contributed by atoms with Gasteiger partial charge in [0, 0.05) is 17.7 Å². The summed E-state index contributed by atoms with van der Waals surface area (Å²) in [5, 5.41) is 9.75. The van der Waals surface area contributed by atoms with Crippen molar-refractivity contribution in [3.63, 3.8) is 0 Å². The Morgan fingerprint density at radius 2 is 1.88 bits per heavy atom. The summed E-state index contributed by atoms with van der Waals surface area (Å²) >= 11 is 0. The standard InChI is InChI=1S/C25H26N4O3/c1-2-15-27-25(22(26)16-7-11-18(30)12-8-16)32-19-13-9-17(10-14-19)23(31)24-28-20-5-3-4-6-21(20)29-24/h2-6,9-10,13-16,18,30H,1,7-8,11-12,26H2,(H,28,29)/b25-22+,27-15?. The third-order valence-electron chi connectivity index (χ3n) is 5.62. The number of aliphatic imine (C=N–C) groups is 1. The number of hydrogen-bond donors (Lipinski definition) is 3. The molecule has 7 nitrogen and oxygen atoms in total. The second-order valence-corrected chi connectivity index (χ2v) is 7.84. The van der Waals surface area contributed by atoms with Crippen molar-refractivity contribution in [3.8, 4) is 5.75 Å². The first-order chi connectivity index (χ1) is 15.5. The summed E-state index contributed by atoms with van der Waals surface area (Å²) in [6.07, 6.45) is 5.81. The van der Waals surface area contributed by atoms with Crippen LogP contribution in [-0.2, 0) is 0 Å². The van der Waals surface area contributed by atoms with Crippen molar-refractivity contribution in [2.24, 2.45) is 16.6 Å². The van der Waals surface area contributed by atoms with E-state index < -0.39 is 0 Å². The minimum absolute atomic E-state index is 0.101. The number of aliphatic hydroxyl groups excluding tert-OH is 1. The van der Waals surface area contributed by atoms with Gasteiger partial charge in [0.15, 0.2) is 5.82 Å². The maximum absolute atomic E-state index is 12.8. The maximum atomic E-state index is 12.8. The number of nitrogens with zero attached hydrogens (tertiary/aromatic N) is 2. The first-order valence-corrected chi connectivity index (χ1v) is 10.7. The lowest BCUT2D eigenvalue weighted by molar-refractivity contribution is 0.103. The quantitative estimate of drug-likeness (QED) is 0.297. The zero-order valence-corrected chi connectivity index (χ0v) is 17.7. The normalized spacial score (nSPS) is 19.7. The number of aliphatic hydroxyl groups is 1. The minimum atomic E-state index is -0.267. The van der Waals surface area contributed by atoms with E-state index in [2.05, 4.69) is 21.5 Å². The monoisotopic (exact) mass is 430 g/mol. The van der Waals surface area contributed by atoms with E-state index in [-0.39, 0.29) is 17.8 Å². The third-order valence-corrected chi connectivity index (χ3v) is 5.62. The molecule has 1 aliphatic rings. The summed E-state index contributed by atoms with van der Waals surface area (Å²) in [6, 6.07) is 14.3. The van der Waals surface area contributed by atoms with Crippen molar-refractivity contribution in [1.82, 2.24) is 9.97 Å². The van der Waals surface area contributed by atoms with Gasteiger partial charge in [0.25, 0.3) is 0 Å². The van der Waals surface area contributed by atoms with Crippen LogP contribution < -0.4 is 10.5 Å². The number of aromatic amines is 1. The molecule has 164 valence electrons. The highest BCUT2D eigenvalue weighted by molar-refractivity contribution is 6.08. The lowest BCUT2D eigenvalue weighted by Gasteiger charge is -2.26. The summed E-state index contributed by atoms with van der Waals surface area (Å²) < 4.78 is 5.96. The van der Waals surface area contributed by atoms with Crippen LogP contribution >= 0.6 is 0 Å². The molecule has 4 N–H and O–H groups in total. The second kappa shape index (κ2) is 9.62. The number of aromatic nitrogens is 2. The van der Waals surface area contributed by atoms with Crippen molar-refractivity contribution in [3.05, 3.63) is 84.2 Å². The number of imidazole rings is 1. The molecule has 7 heteroatoms. The molecule has 32 heavy (non-hydrogen) atoms. The number of fused-ring (bicyclic) bond motifs is 1. The van der Waals surface area contributed by atoms with Gasteiger partial charge < -0.3 is 20.6 Å². The van der Waals surface area contributed by atoms with E-state index >= 15 is 0 Å². The Balaban J connectivity index is 1.52. The number of ketones is 1. The second-order valence-electron chi connectivity index (χ2n) is 7.84. The first kappa shape index (κ1) is 21.5. The molecule has 2 aromatic carbocycles. The Morgan fingerprint density at radius 3 is 2.56 bits per heavy atom. The van der Waals surface area contributed by atoms with E-state index in [1.54, 1.807) is 30.3 Å². The fourth-order valence-corrected chi connectivity index (χ4v) is 3.82. The summed E-state index contributed by atoms with van der Waals surface area (Å²) in [4.78, 5) is 24.5. The molecule has 0 radical (unpaired) electrons. The third kappa shape index (κ3) is 4.78. The molecule has 3 aromatic rings. The number of allylic oxidation sites excluding steroid dienone is 2. The van der Waals surface area contributed by atoms with Crippen molar-refractivity contribution in [2.45, 2.75) is 31.8 Å². The number of para-hydroxylation sites is 2. The fourth-order valence-electron chi connectivity index (χ4n) is 3.82. The van der Waals surface area contributed by atoms with Crippen LogP contribution in [0.5, 0.6) is 5.75 Å². The molecule has 0 bridgehead atoms. The summed E-state index contributed by atoms with van der Waals surface area (Å²) in [5.74, 6) is 1.02. The molecule has 4 rings (SSSR count). The van der Waals surface area contributed by atoms with Gasteiger partial charge in [-0.1, -0.05) is 24.8 Å². The van der Waals surface area contributed by atoms with Crippen molar-refractivity contribution >= 4 is 23.0 Å². The van der Waals surface area contributed by atoms with Gasteiger partial charge in [-0.2, -0.15) is 0 Å². The Hall–Kier alpha value is -3.71. The van der Waals surface area contributed by atoms with E-state index in [1.807, 2.05) is 24.3 Å². The molecule has 0 atom stereocenters. The van der Waals surface area contributed by atoms with E-state index in [0.717, 1.165) is 23.9 Å². The molecular weight excluding hydrogens is 404 g/mol. The average Bonchev–Trinajstić information content (AvgIpc) is 3.26. The molecule has 0 unspecified atom stereocenters. The molecule has 1 fully saturated rings. The summed E-state index contributed by atoms with van der Waals surface area (Å²) in [5.41, 5.74) is 8.98. The number of carbonyl (C=O) groups is 1. The number of carbonyl (C=O) groups excluding carboxylic acids is 1. The van der Waals surface area contributed by atoms with Crippen LogP contribution in [0, 0.1) is 5.92 Å². The SMILES string of the molecule is C=CC=N/C(Oc1ccc(C(=O)c2nc3ccccc3[nH]2)cc1)=C(\N)C1CCC(O)CC1. The van der Waals surface area contributed by atoms with Gasteiger partial charge in [0.05, 0.1) is 22.8 Å². The number of H-pyrrole nitrogens is 1. The van der Waals surface area contributed by atoms with Gasteiger partial charge in [-0.15, -0.1) is 0 Å². The number of benzene rings is 2. The van der Waals surface area contributed by atoms with E-state index in [1.165, 1.54) is 6.21 Å². The Morgan fingerprint density at radius 1 is 1.16 bits per heavy atom. The predicted octanol–water partition coefficient (Wildman–Crippen LogP) is 4.11. The van der Waals surface area contributed by atoms with Crippen LogP contribution in [0.3, 0.4) is 0 Å². The van der Waals surface area contributed by atoms with Crippen molar-refractivity contribution in [2.75, 3.05) is 0 Å². The minimum Gasteiger partial charge on any atom is -0.437 e. The molecule has 1 aromatic heterocycles. The van der Waals surface area contributed by atoms with E-state index in [0.29, 0.717) is 41.6 Å². The molecule has 0 saturated heterocycles. The maximum Gasteiger partial charge on any atom is 0.238 e. The highest BCUT2D eigenvalue weighted by Crippen LogP contribution is 2.30. The zero-order chi connectivity index (χ0) is 22.5. The Labute approximate surface area is 186 Å². The van der Waals surface area contributed by atoms with Crippen LogP contribution in [0.2, 0.25) is 0 Å². The van der Waals surface area contributed by atoms with Crippen LogP contribution in [0.4, 0.5) is 0 Å². The average molecular weight is 431 g/mol. The van der Waals surface area contributed by atoms with Crippen LogP contribution in [0.25, 0.3) is 11.0 Å². The molecule has 1 saturated carbocycles. The first-order valence-electron chi connectivity index (χ1n) is 10.7. The van der Waals surface area contributed by atoms with Gasteiger partial charge in [0.2, 0.25) is 11.7 Å². The highest BCUT2D eigenvalue weighted by atomic mass is 16.5. The number of nitrogens with two attached hydrogens (primary N) is 1. The van der Waals surface area contributed by atoms with Gasteiger partial charge in [-0.25, -0.2) is 9.98 Å². The number of rotatable bonds is 7. The van der Waals surface area contributed by atoms with Gasteiger partial charge in [-0.3, -0.25) is 4.79 Å². The molecule has 0 amide bonds.